The molecule has 0 aliphatic carbocycles. The zero-order valence-electron chi connectivity index (χ0n) is 13.6. The van der Waals surface area contributed by atoms with Gasteiger partial charge in [0.1, 0.15) is 11.6 Å². The normalized spacial score (nSPS) is 10.7. The van der Waals surface area contributed by atoms with E-state index >= 15 is 0 Å². The first-order valence-electron chi connectivity index (χ1n) is 7.45. The molecular weight excluding hydrogens is 337 g/mol. The Kier molecular flexibility index (Phi) is 4.76. The molecule has 3 rings (SSSR count). The lowest BCUT2D eigenvalue weighted by Crippen LogP contribution is -2.09. The van der Waals surface area contributed by atoms with Crippen molar-refractivity contribution >= 4 is 17.8 Å². The number of halogens is 1. The summed E-state index contributed by atoms with van der Waals surface area (Å²) in [4.78, 5) is 15.5. The molecule has 9 heteroatoms. The number of anilines is 1. The number of nitrogens with one attached hydrogen (secondary N) is 2. The number of aromatic nitrogens is 5. The highest BCUT2D eigenvalue weighted by molar-refractivity contribution is 6.02. The van der Waals surface area contributed by atoms with Gasteiger partial charge in [-0.1, -0.05) is 0 Å². The molecule has 3 aromatic heterocycles. The van der Waals surface area contributed by atoms with Crippen LogP contribution in [-0.2, 0) is 4.79 Å². The number of nitriles is 1. The Bertz CT molecular complexity index is 1020. The number of hydrogen-bond donors (Lipinski definition) is 2. The average Bonchev–Trinajstić information content (AvgIpc) is 3.04. The van der Waals surface area contributed by atoms with E-state index in [4.69, 9.17) is 0 Å². The van der Waals surface area contributed by atoms with E-state index in [1.807, 2.05) is 13.0 Å². The van der Waals surface area contributed by atoms with E-state index in [2.05, 4.69) is 30.7 Å². The first-order valence-corrected chi connectivity index (χ1v) is 7.45. The van der Waals surface area contributed by atoms with Gasteiger partial charge in [0, 0.05) is 17.8 Å². The van der Waals surface area contributed by atoms with Crippen molar-refractivity contribution in [2.75, 3.05) is 5.32 Å². The van der Waals surface area contributed by atoms with E-state index in [1.165, 1.54) is 36.7 Å². The molecule has 0 radical (unpaired) electrons. The predicted molar refractivity (Wildman–Crippen MR) is 90.9 cm³/mol. The van der Waals surface area contributed by atoms with Gasteiger partial charge in [-0.05, 0) is 36.3 Å². The number of H-pyrrole nitrogens is 1. The largest absolute Gasteiger partial charge is 0.304 e. The summed E-state index contributed by atoms with van der Waals surface area (Å²) in [5.41, 5.74) is 2.66. The second kappa shape index (κ2) is 7.31. The molecule has 3 heterocycles. The van der Waals surface area contributed by atoms with Crippen LogP contribution in [0.15, 0.2) is 36.8 Å². The van der Waals surface area contributed by atoms with Crippen molar-refractivity contribution in [1.82, 2.24) is 25.4 Å². The van der Waals surface area contributed by atoms with Crippen molar-refractivity contribution in [2.45, 2.75) is 6.92 Å². The Morgan fingerprint density at radius 1 is 1.31 bits per heavy atom. The third-order valence-corrected chi connectivity index (χ3v) is 3.50. The van der Waals surface area contributed by atoms with Gasteiger partial charge in [0.2, 0.25) is 11.9 Å². The fraction of sp³-hybridized carbons (Fsp3) is 0.0588. The third-order valence-electron chi connectivity index (χ3n) is 3.50. The molecule has 0 unspecified atom stereocenters. The fourth-order valence-electron chi connectivity index (χ4n) is 2.20. The molecule has 0 atom stereocenters. The molecular formula is C17H12FN7O. The third kappa shape index (κ3) is 3.59. The highest BCUT2D eigenvalue weighted by Crippen LogP contribution is 2.27. The zero-order chi connectivity index (χ0) is 18.5. The van der Waals surface area contributed by atoms with Crippen molar-refractivity contribution in [3.05, 3.63) is 59.4 Å². The lowest BCUT2D eigenvalue weighted by atomic mass is 10.1. The number of rotatable bonds is 4. The smallest absolute Gasteiger partial charge is 0.249 e. The van der Waals surface area contributed by atoms with E-state index in [0.717, 1.165) is 5.56 Å². The first kappa shape index (κ1) is 16.9. The number of amides is 1. The van der Waals surface area contributed by atoms with Gasteiger partial charge in [-0.2, -0.15) is 24.9 Å². The van der Waals surface area contributed by atoms with Crippen molar-refractivity contribution in [2.24, 2.45) is 0 Å². The highest BCUT2D eigenvalue weighted by atomic mass is 19.1. The maximum atomic E-state index is 12.8. The molecule has 0 aliphatic heterocycles. The van der Waals surface area contributed by atoms with E-state index < -0.39 is 11.9 Å². The molecule has 0 saturated heterocycles. The quantitative estimate of drug-likeness (QED) is 0.550. The predicted octanol–water partition coefficient (Wildman–Crippen LogP) is 2.23. The number of pyridine rings is 1. The fourth-order valence-corrected chi connectivity index (χ4v) is 2.20. The number of hydrogen-bond acceptors (Lipinski definition) is 6. The summed E-state index contributed by atoms with van der Waals surface area (Å²) in [7, 11) is 0. The summed E-state index contributed by atoms with van der Waals surface area (Å²) in [6.07, 6.45) is 7.08. The van der Waals surface area contributed by atoms with Crippen LogP contribution in [0.3, 0.4) is 0 Å². The Labute approximate surface area is 147 Å². The van der Waals surface area contributed by atoms with E-state index in [9.17, 15) is 14.4 Å². The van der Waals surface area contributed by atoms with Crippen LogP contribution in [0.25, 0.3) is 17.3 Å². The molecule has 0 saturated carbocycles. The molecule has 26 heavy (non-hydrogen) atoms. The number of carbonyl (C=O) groups is 1. The summed E-state index contributed by atoms with van der Waals surface area (Å²) in [6, 6.07) is 4.70. The minimum Gasteiger partial charge on any atom is -0.304 e. The summed E-state index contributed by atoms with van der Waals surface area (Å²) < 4.78 is 12.8. The zero-order valence-corrected chi connectivity index (χ0v) is 13.6. The lowest BCUT2D eigenvalue weighted by Gasteiger charge is -2.02. The topological polar surface area (TPSA) is 120 Å². The summed E-state index contributed by atoms with van der Waals surface area (Å²) in [5, 5.41) is 26.2. The van der Waals surface area contributed by atoms with Gasteiger partial charge in [0.25, 0.3) is 0 Å². The van der Waals surface area contributed by atoms with E-state index in [1.54, 1.807) is 6.20 Å². The van der Waals surface area contributed by atoms with E-state index in [-0.39, 0.29) is 11.4 Å². The van der Waals surface area contributed by atoms with Crippen molar-refractivity contribution in [3.63, 3.8) is 0 Å². The number of aryl methyl sites for hydroxylation is 1. The van der Waals surface area contributed by atoms with Crippen LogP contribution >= 0.6 is 0 Å². The van der Waals surface area contributed by atoms with Gasteiger partial charge < -0.3 is 5.32 Å². The maximum absolute atomic E-state index is 12.8. The first-order chi connectivity index (χ1) is 12.6. The molecule has 0 spiro atoms. The van der Waals surface area contributed by atoms with Gasteiger partial charge in [-0.15, -0.1) is 0 Å². The van der Waals surface area contributed by atoms with Crippen LogP contribution in [0.2, 0.25) is 0 Å². The Hall–Kier alpha value is -3.93. The maximum Gasteiger partial charge on any atom is 0.249 e. The van der Waals surface area contributed by atoms with Crippen molar-refractivity contribution in [1.29, 1.82) is 5.26 Å². The molecule has 128 valence electrons. The Morgan fingerprint density at radius 2 is 2.12 bits per heavy atom. The monoisotopic (exact) mass is 349 g/mol. The summed E-state index contributed by atoms with van der Waals surface area (Å²) in [6.45, 7) is 1.82. The highest BCUT2D eigenvalue weighted by Gasteiger charge is 2.17. The summed E-state index contributed by atoms with van der Waals surface area (Å²) in [5.74, 6) is -0.991. The molecule has 2 N–H and O–H groups in total. The number of carbonyl (C=O) groups excluding carboxylic acids is 1. The van der Waals surface area contributed by atoms with Crippen LogP contribution in [0.5, 0.6) is 0 Å². The molecule has 0 bridgehead atoms. The lowest BCUT2D eigenvalue weighted by molar-refractivity contribution is -0.111. The molecule has 0 aliphatic rings. The Balaban J connectivity index is 1.80. The Morgan fingerprint density at radius 3 is 2.81 bits per heavy atom. The van der Waals surface area contributed by atoms with Crippen LogP contribution in [0, 0.1) is 24.2 Å². The molecule has 1 amide bonds. The van der Waals surface area contributed by atoms with E-state index in [0.29, 0.717) is 16.8 Å². The van der Waals surface area contributed by atoms with Gasteiger partial charge in [-0.3, -0.25) is 9.89 Å². The van der Waals surface area contributed by atoms with Gasteiger partial charge in [0.15, 0.2) is 5.82 Å². The summed E-state index contributed by atoms with van der Waals surface area (Å²) >= 11 is 0. The number of aromatic amines is 1. The SMILES string of the molecule is Cc1cnncc1-c1[nH]nc(NC(=O)C=Cc2ccc(F)nc2)c1C#N. The molecule has 8 nitrogen and oxygen atoms in total. The average molecular weight is 349 g/mol. The second-order valence-corrected chi connectivity index (χ2v) is 5.26. The number of nitrogens with zero attached hydrogens (tertiary/aromatic N) is 5. The molecule has 3 aromatic rings. The van der Waals surface area contributed by atoms with Crippen LogP contribution in [-0.4, -0.2) is 31.3 Å². The van der Waals surface area contributed by atoms with Gasteiger partial charge >= 0.3 is 0 Å². The molecule has 0 aromatic carbocycles. The van der Waals surface area contributed by atoms with Crippen LogP contribution in [0.4, 0.5) is 10.2 Å². The standard InChI is InChI=1S/C17H12FN7O/c1-10-7-21-22-9-13(10)16-12(6-19)17(25-24-16)23-15(26)5-3-11-2-4-14(18)20-8-11/h2-5,7-9H,1H3,(H2,23,24,25,26). The second-order valence-electron chi connectivity index (χ2n) is 5.26. The van der Waals surface area contributed by atoms with Crippen LogP contribution in [0.1, 0.15) is 16.7 Å². The minimum absolute atomic E-state index is 0.102. The van der Waals surface area contributed by atoms with Gasteiger partial charge in [0.05, 0.1) is 18.1 Å². The van der Waals surface area contributed by atoms with Gasteiger partial charge in [-0.25, -0.2) is 4.98 Å². The van der Waals surface area contributed by atoms with Crippen molar-refractivity contribution < 1.29 is 9.18 Å². The van der Waals surface area contributed by atoms with Crippen molar-refractivity contribution in [3.8, 4) is 17.3 Å². The van der Waals surface area contributed by atoms with Crippen LogP contribution < -0.4 is 5.32 Å². The minimum atomic E-state index is -0.602. The molecule has 0 fully saturated rings.